The number of ether oxygens (including phenoxy) is 1. The number of aryl methyl sites for hydroxylation is 1. The van der Waals surface area contributed by atoms with Gasteiger partial charge in [0, 0.05) is 0 Å². The fraction of sp³-hybridized carbons (Fsp3) is 0.500. The maximum atomic E-state index is 5.58. The summed E-state index contributed by atoms with van der Waals surface area (Å²) >= 11 is 3.48. The van der Waals surface area contributed by atoms with Gasteiger partial charge in [-0.25, -0.2) is 0 Å². The monoisotopic (exact) mass is 271 g/mol. The molecule has 0 amide bonds. The van der Waals surface area contributed by atoms with Crippen LogP contribution in [0.5, 0.6) is 5.75 Å². The molecule has 1 unspecified atom stereocenters. The van der Waals surface area contributed by atoms with E-state index in [0.29, 0.717) is 5.92 Å². The molecule has 0 fully saturated rings. The summed E-state index contributed by atoms with van der Waals surface area (Å²) < 4.78 is 6.30. The van der Waals surface area contributed by atoms with Gasteiger partial charge in [0.1, 0.15) is 5.75 Å². The largest absolute Gasteiger partial charge is 0.496 e. The molecule has 0 radical (unpaired) electrons. The molecule has 0 aliphatic heterocycles. The van der Waals surface area contributed by atoms with Crippen LogP contribution in [0.1, 0.15) is 30.4 Å². The van der Waals surface area contributed by atoms with Crippen LogP contribution < -0.4 is 10.5 Å². The van der Waals surface area contributed by atoms with E-state index in [1.165, 1.54) is 11.1 Å². The Kier molecular flexibility index (Phi) is 4.61. The molecular weight excluding hydrogens is 254 g/mol. The van der Waals surface area contributed by atoms with Crippen molar-refractivity contribution in [1.29, 1.82) is 0 Å². The summed E-state index contributed by atoms with van der Waals surface area (Å²) in [7, 11) is 1.69. The fourth-order valence-corrected chi connectivity index (χ4v) is 2.38. The third-order valence-electron chi connectivity index (χ3n) is 2.67. The Morgan fingerprint density at radius 2 is 2.13 bits per heavy atom. The average molecular weight is 272 g/mol. The summed E-state index contributed by atoms with van der Waals surface area (Å²) in [6, 6.07) is 4.20. The van der Waals surface area contributed by atoms with Gasteiger partial charge in [-0.1, -0.05) is 6.92 Å². The van der Waals surface area contributed by atoms with Crippen molar-refractivity contribution in [3.63, 3.8) is 0 Å². The lowest BCUT2D eigenvalue weighted by Gasteiger charge is -2.16. The first-order chi connectivity index (χ1) is 7.10. The van der Waals surface area contributed by atoms with E-state index >= 15 is 0 Å². The van der Waals surface area contributed by atoms with Crippen LogP contribution in [0.25, 0.3) is 0 Å². The van der Waals surface area contributed by atoms with Gasteiger partial charge in [0.25, 0.3) is 0 Å². The third-order valence-corrected chi connectivity index (χ3v) is 3.29. The van der Waals surface area contributed by atoms with Gasteiger partial charge >= 0.3 is 0 Å². The highest BCUT2D eigenvalue weighted by molar-refractivity contribution is 9.10. The Balaban J connectivity index is 3.06. The maximum Gasteiger partial charge on any atom is 0.133 e. The van der Waals surface area contributed by atoms with Crippen molar-refractivity contribution in [3.05, 3.63) is 27.7 Å². The lowest BCUT2D eigenvalue weighted by molar-refractivity contribution is 0.411. The van der Waals surface area contributed by atoms with Gasteiger partial charge in [0.05, 0.1) is 11.6 Å². The molecule has 84 valence electrons. The summed E-state index contributed by atoms with van der Waals surface area (Å²) in [6.07, 6.45) is 1.01. The zero-order valence-corrected chi connectivity index (χ0v) is 11.1. The van der Waals surface area contributed by atoms with Gasteiger partial charge in [0.2, 0.25) is 0 Å². The molecule has 1 aromatic carbocycles. The van der Waals surface area contributed by atoms with E-state index in [1.807, 2.05) is 0 Å². The van der Waals surface area contributed by atoms with Crippen LogP contribution in [0.3, 0.4) is 0 Å². The van der Waals surface area contributed by atoms with Crippen LogP contribution in [0, 0.1) is 6.92 Å². The highest BCUT2D eigenvalue weighted by atomic mass is 79.9. The van der Waals surface area contributed by atoms with Gasteiger partial charge in [-0.15, -0.1) is 0 Å². The Bertz CT molecular complexity index is 339. The molecule has 0 aromatic heterocycles. The van der Waals surface area contributed by atoms with Gasteiger partial charge in [0.15, 0.2) is 0 Å². The van der Waals surface area contributed by atoms with Crippen LogP contribution in [-0.2, 0) is 0 Å². The molecular formula is C12H18BrNO. The number of methoxy groups -OCH3 is 1. The second-order valence-corrected chi connectivity index (χ2v) is 4.68. The second kappa shape index (κ2) is 5.52. The predicted octanol–water partition coefficient (Wildman–Crippen LogP) is 3.22. The molecule has 2 N–H and O–H groups in total. The van der Waals surface area contributed by atoms with E-state index in [9.17, 15) is 0 Å². The SMILES string of the molecule is COc1cc(C(C)CCN)c(C)cc1Br. The first-order valence-corrected chi connectivity index (χ1v) is 5.93. The number of nitrogens with two attached hydrogens (primary N) is 1. The van der Waals surface area contributed by atoms with Crippen LogP contribution >= 0.6 is 15.9 Å². The topological polar surface area (TPSA) is 35.2 Å². The van der Waals surface area contributed by atoms with Crippen molar-refractivity contribution in [2.45, 2.75) is 26.2 Å². The molecule has 0 aliphatic carbocycles. The number of rotatable bonds is 4. The lowest BCUT2D eigenvalue weighted by Crippen LogP contribution is -2.06. The number of halogens is 1. The maximum absolute atomic E-state index is 5.58. The summed E-state index contributed by atoms with van der Waals surface area (Å²) in [6.45, 7) is 5.04. The van der Waals surface area contributed by atoms with Crippen LogP contribution in [0.4, 0.5) is 0 Å². The highest BCUT2D eigenvalue weighted by Gasteiger charge is 2.11. The molecule has 3 heteroatoms. The fourth-order valence-electron chi connectivity index (χ4n) is 1.76. The first kappa shape index (κ1) is 12.5. The Labute approximate surface area is 99.9 Å². The van der Waals surface area contributed by atoms with Crippen LogP contribution in [0.15, 0.2) is 16.6 Å². The average Bonchev–Trinajstić information content (AvgIpc) is 2.18. The minimum absolute atomic E-state index is 0.483. The van der Waals surface area contributed by atoms with E-state index in [-0.39, 0.29) is 0 Å². The molecule has 15 heavy (non-hydrogen) atoms. The number of hydrogen-bond donors (Lipinski definition) is 1. The normalized spacial score (nSPS) is 12.6. The molecule has 0 heterocycles. The van der Waals surface area contributed by atoms with Gasteiger partial charge in [-0.05, 0) is 65.0 Å². The molecule has 0 aliphatic rings. The summed E-state index contributed by atoms with van der Waals surface area (Å²) in [4.78, 5) is 0. The van der Waals surface area contributed by atoms with Crippen LogP contribution in [-0.4, -0.2) is 13.7 Å². The highest BCUT2D eigenvalue weighted by Crippen LogP contribution is 2.32. The summed E-state index contributed by atoms with van der Waals surface area (Å²) in [5.74, 6) is 1.37. The number of hydrogen-bond acceptors (Lipinski definition) is 2. The van der Waals surface area contributed by atoms with E-state index in [4.69, 9.17) is 10.5 Å². The Morgan fingerprint density at radius 3 is 2.67 bits per heavy atom. The summed E-state index contributed by atoms with van der Waals surface area (Å²) in [5, 5.41) is 0. The van der Waals surface area contributed by atoms with Crippen molar-refractivity contribution in [2.24, 2.45) is 5.73 Å². The molecule has 0 saturated carbocycles. The lowest BCUT2D eigenvalue weighted by atomic mass is 9.93. The van der Waals surface area contributed by atoms with E-state index in [0.717, 1.165) is 23.2 Å². The molecule has 0 spiro atoms. The van der Waals surface area contributed by atoms with Crippen LogP contribution in [0.2, 0.25) is 0 Å². The van der Waals surface area contributed by atoms with Gasteiger partial charge in [-0.3, -0.25) is 0 Å². The zero-order chi connectivity index (χ0) is 11.4. The molecule has 1 rings (SSSR count). The minimum atomic E-state index is 0.483. The molecule has 1 atom stereocenters. The molecule has 2 nitrogen and oxygen atoms in total. The van der Waals surface area contributed by atoms with Crippen molar-refractivity contribution in [3.8, 4) is 5.75 Å². The van der Waals surface area contributed by atoms with E-state index < -0.39 is 0 Å². The number of benzene rings is 1. The quantitative estimate of drug-likeness (QED) is 0.913. The summed E-state index contributed by atoms with van der Waals surface area (Å²) in [5.41, 5.74) is 8.18. The molecule has 1 aromatic rings. The van der Waals surface area contributed by atoms with Crippen molar-refractivity contribution >= 4 is 15.9 Å². The minimum Gasteiger partial charge on any atom is -0.496 e. The van der Waals surface area contributed by atoms with Gasteiger partial charge < -0.3 is 10.5 Å². The zero-order valence-electron chi connectivity index (χ0n) is 9.51. The Morgan fingerprint density at radius 1 is 1.47 bits per heavy atom. The predicted molar refractivity (Wildman–Crippen MR) is 67.5 cm³/mol. The van der Waals surface area contributed by atoms with Gasteiger partial charge in [-0.2, -0.15) is 0 Å². The second-order valence-electron chi connectivity index (χ2n) is 3.82. The third kappa shape index (κ3) is 2.95. The van der Waals surface area contributed by atoms with Crippen molar-refractivity contribution in [2.75, 3.05) is 13.7 Å². The first-order valence-electron chi connectivity index (χ1n) is 5.14. The van der Waals surface area contributed by atoms with E-state index in [1.54, 1.807) is 7.11 Å². The standard InChI is InChI=1S/C12H18BrNO/c1-8(4-5-14)10-7-12(15-3)11(13)6-9(10)2/h6-8H,4-5,14H2,1-3H3. The smallest absolute Gasteiger partial charge is 0.133 e. The van der Waals surface area contributed by atoms with Crippen molar-refractivity contribution < 1.29 is 4.74 Å². The van der Waals surface area contributed by atoms with E-state index in [2.05, 4.69) is 41.9 Å². The molecule has 0 bridgehead atoms. The molecule has 0 saturated heterocycles. The Hall–Kier alpha value is -0.540. The van der Waals surface area contributed by atoms with Crippen molar-refractivity contribution in [1.82, 2.24) is 0 Å².